The van der Waals surface area contributed by atoms with Gasteiger partial charge in [-0.15, -0.1) is 11.8 Å². The normalized spacial score (nSPS) is 12.1. The maximum atomic E-state index is 12.8. The summed E-state index contributed by atoms with van der Waals surface area (Å²) in [4.78, 5) is 18.5. The predicted molar refractivity (Wildman–Crippen MR) is 129 cm³/mol. The minimum absolute atomic E-state index is 0.0458. The topological polar surface area (TPSA) is 83.1 Å². The van der Waals surface area contributed by atoms with E-state index in [-0.39, 0.29) is 11.2 Å². The van der Waals surface area contributed by atoms with E-state index in [9.17, 15) is 4.79 Å². The van der Waals surface area contributed by atoms with Crippen molar-refractivity contribution in [3.63, 3.8) is 0 Å². The van der Waals surface area contributed by atoms with Crippen LogP contribution in [0.5, 0.6) is 0 Å². The van der Waals surface area contributed by atoms with Gasteiger partial charge in [-0.05, 0) is 50.1 Å². The van der Waals surface area contributed by atoms with E-state index in [1.807, 2.05) is 73.8 Å². The molecule has 2 heterocycles. The highest BCUT2D eigenvalue weighted by atomic mass is 32.2. The van der Waals surface area contributed by atoms with Crippen LogP contribution in [0.3, 0.4) is 0 Å². The fourth-order valence-electron chi connectivity index (χ4n) is 3.85. The van der Waals surface area contributed by atoms with Crippen molar-refractivity contribution < 1.29 is 4.79 Å². The van der Waals surface area contributed by atoms with E-state index in [0.29, 0.717) is 19.3 Å². The lowest BCUT2D eigenvalue weighted by Crippen LogP contribution is -2.15. The molecule has 32 heavy (non-hydrogen) atoms. The molecule has 1 N–H and O–H groups in total. The quantitative estimate of drug-likeness (QED) is 0.383. The van der Waals surface area contributed by atoms with Gasteiger partial charge in [0.15, 0.2) is 5.65 Å². The number of aryl methyl sites for hydroxylation is 2. The van der Waals surface area contributed by atoms with Gasteiger partial charge in [-0.25, -0.2) is 9.50 Å². The average Bonchev–Trinajstić information content (AvgIpc) is 3.14. The Bertz CT molecular complexity index is 1340. The summed E-state index contributed by atoms with van der Waals surface area (Å²) in [5.74, 6) is -0.0458. The van der Waals surface area contributed by atoms with Gasteiger partial charge >= 0.3 is 0 Å². The van der Waals surface area contributed by atoms with Crippen molar-refractivity contribution in [3.05, 3.63) is 65.5 Å². The van der Waals surface area contributed by atoms with Crippen molar-refractivity contribution in [2.24, 2.45) is 0 Å². The molecular formula is C25H25N5OS. The molecule has 0 radical (unpaired) electrons. The fraction of sp³-hybridized carbons (Fsp3) is 0.280. The first-order valence-corrected chi connectivity index (χ1v) is 11.5. The first kappa shape index (κ1) is 21.8. The van der Waals surface area contributed by atoms with Crippen molar-refractivity contribution in [1.29, 1.82) is 5.26 Å². The molecule has 0 unspecified atom stereocenters. The van der Waals surface area contributed by atoms with Crippen LogP contribution in [-0.2, 0) is 11.2 Å². The minimum Gasteiger partial charge on any atom is -0.325 e. The molecule has 4 rings (SSSR count). The van der Waals surface area contributed by atoms with Gasteiger partial charge in [-0.3, -0.25) is 4.79 Å². The molecule has 4 aromatic rings. The number of nitrogens with one attached hydrogen (secondary N) is 1. The molecule has 7 heteroatoms. The van der Waals surface area contributed by atoms with Crippen molar-refractivity contribution in [3.8, 4) is 6.07 Å². The van der Waals surface area contributed by atoms with Crippen LogP contribution in [0.1, 0.15) is 36.7 Å². The summed E-state index contributed by atoms with van der Waals surface area (Å²) in [5, 5.41) is 17.8. The SMILES string of the molecule is Cc1nc2c3ccccc3nn2c(C)c1CCC(=O)Nc1ccccc1S[C@@H](C)CC#N. The third-order valence-corrected chi connectivity index (χ3v) is 6.67. The van der Waals surface area contributed by atoms with Crippen LogP contribution in [0.2, 0.25) is 0 Å². The number of carbonyl (C=O) groups is 1. The number of thioether (sulfide) groups is 1. The molecule has 1 atom stereocenters. The lowest BCUT2D eigenvalue weighted by molar-refractivity contribution is -0.116. The summed E-state index contributed by atoms with van der Waals surface area (Å²) in [5.41, 5.74) is 5.53. The van der Waals surface area contributed by atoms with Crippen LogP contribution in [0.25, 0.3) is 16.6 Å². The molecule has 0 aliphatic carbocycles. The highest BCUT2D eigenvalue weighted by molar-refractivity contribution is 8.00. The van der Waals surface area contributed by atoms with Gasteiger partial charge in [0.2, 0.25) is 5.91 Å². The Morgan fingerprint density at radius 1 is 1.19 bits per heavy atom. The number of anilines is 1. The largest absolute Gasteiger partial charge is 0.325 e. The van der Waals surface area contributed by atoms with E-state index in [4.69, 9.17) is 15.3 Å². The van der Waals surface area contributed by atoms with Crippen LogP contribution >= 0.6 is 11.8 Å². The van der Waals surface area contributed by atoms with E-state index in [1.54, 1.807) is 11.8 Å². The summed E-state index contributed by atoms with van der Waals surface area (Å²) < 4.78 is 1.88. The molecular weight excluding hydrogens is 418 g/mol. The van der Waals surface area contributed by atoms with Crippen molar-refractivity contribution in [2.45, 2.75) is 50.2 Å². The predicted octanol–water partition coefficient (Wildman–Crippen LogP) is 5.46. The molecule has 0 aliphatic heterocycles. The Morgan fingerprint density at radius 3 is 2.75 bits per heavy atom. The average molecular weight is 444 g/mol. The number of fused-ring (bicyclic) bond motifs is 3. The molecule has 0 fully saturated rings. The Morgan fingerprint density at radius 2 is 1.94 bits per heavy atom. The van der Waals surface area contributed by atoms with Crippen molar-refractivity contribution in [2.75, 3.05) is 5.32 Å². The van der Waals surface area contributed by atoms with Crippen molar-refractivity contribution >= 4 is 39.9 Å². The third kappa shape index (κ3) is 4.46. The lowest BCUT2D eigenvalue weighted by Gasteiger charge is -2.14. The monoisotopic (exact) mass is 443 g/mol. The second kappa shape index (κ2) is 9.41. The number of amides is 1. The molecule has 2 aromatic carbocycles. The van der Waals surface area contributed by atoms with Crippen LogP contribution < -0.4 is 5.32 Å². The molecule has 162 valence electrons. The van der Waals surface area contributed by atoms with Crippen LogP contribution in [0.4, 0.5) is 5.69 Å². The smallest absolute Gasteiger partial charge is 0.224 e. The van der Waals surface area contributed by atoms with Crippen LogP contribution in [0, 0.1) is 25.2 Å². The molecule has 0 aliphatic rings. The Hall–Kier alpha value is -3.37. The number of rotatable bonds is 7. The van der Waals surface area contributed by atoms with Gasteiger partial charge in [0.05, 0.1) is 17.3 Å². The van der Waals surface area contributed by atoms with Crippen LogP contribution in [-0.4, -0.2) is 25.8 Å². The van der Waals surface area contributed by atoms with E-state index < -0.39 is 0 Å². The molecule has 6 nitrogen and oxygen atoms in total. The standard InChI is InChI=1S/C25H25N5OS/c1-16(14-15-26)32-23-11-7-6-10-22(23)28-24(31)13-12-19-17(2)27-25-20-8-4-5-9-21(20)29-30(25)18(19)3/h4-11,16H,12-14H2,1-3H3,(H,28,31)/t16-/m0/s1. The molecule has 0 saturated heterocycles. The number of carbonyl (C=O) groups excluding carboxylic acids is 1. The summed E-state index contributed by atoms with van der Waals surface area (Å²) in [6.07, 6.45) is 1.40. The van der Waals surface area contributed by atoms with E-state index in [1.165, 1.54) is 0 Å². The van der Waals surface area contributed by atoms with Crippen LogP contribution in [0.15, 0.2) is 53.4 Å². The summed E-state index contributed by atoms with van der Waals surface area (Å²) in [6, 6.07) is 17.9. The number of hydrogen-bond acceptors (Lipinski definition) is 5. The Balaban J connectivity index is 1.50. The maximum Gasteiger partial charge on any atom is 0.224 e. The minimum atomic E-state index is -0.0458. The van der Waals surface area contributed by atoms with Gasteiger partial charge in [-0.2, -0.15) is 10.4 Å². The summed E-state index contributed by atoms with van der Waals surface area (Å²) in [6.45, 7) is 6.04. The molecule has 2 aromatic heterocycles. The highest BCUT2D eigenvalue weighted by Crippen LogP contribution is 2.31. The zero-order valence-electron chi connectivity index (χ0n) is 18.4. The highest BCUT2D eigenvalue weighted by Gasteiger charge is 2.16. The summed E-state index contributed by atoms with van der Waals surface area (Å²) in [7, 11) is 0. The van der Waals surface area contributed by atoms with Gasteiger partial charge in [0.25, 0.3) is 0 Å². The molecule has 0 spiro atoms. The van der Waals surface area contributed by atoms with Gasteiger partial charge in [0.1, 0.15) is 0 Å². The van der Waals surface area contributed by atoms with E-state index >= 15 is 0 Å². The van der Waals surface area contributed by atoms with Gasteiger partial charge in [-0.1, -0.05) is 31.2 Å². The van der Waals surface area contributed by atoms with E-state index in [0.717, 1.165) is 44.1 Å². The zero-order valence-corrected chi connectivity index (χ0v) is 19.2. The van der Waals surface area contributed by atoms with E-state index in [2.05, 4.69) is 11.4 Å². The first-order chi connectivity index (χ1) is 15.5. The second-order valence-electron chi connectivity index (χ2n) is 7.85. The first-order valence-electron chi connectivity index (χ1n) is 10.6. The van der Waals surface area contributed by atoms with Gasteiger partial charge in [0, 0.05) is 39.8 Å². The maximum absolute atomic E-state index is 12.8. The fourth-order valence-corrected chi connectivity index (χ4v) is 4.84. The van der Waals surface area contributed by atoms with Gasteiger partial charge < -0.3 is 5.32 Å². The van der Waals surface area contributed by atoms with Crippen molar-refractivity contribution in [1.82, 2.24) is 14.6 Å². The lowest BCUT2D eigenvalue weighted by atomic mass is 10.1. The molecule has 0 saturated carbocycles. The number of nitrogens with zero attached hydrogens (tertiary/aromatic N) is 4. The number of nitriles is 1. The number of para-hydroxylation sites is 1. The summed E-state index contributed by atoms with van der Waals surface area (Å²) >= 11 is 1.60. The second-order valence-corrected chi connectivity index (χ2v) is 9.33. The Labute approximate surface area is 191 Å². The molecule has 0 bridgehead atoms. The number of aromatic nitrogens is 3. The zero-order chi connectivity index (χ0) is 22.7. The third-order valence-electron chi connectivity index (χ3n) is 5.49. The molecule has 1 amide bonds. The Kier molecular flexibility index (Phi) is 6.42. The number of hydrogen-bond donors (Lipinski definition) is 1. The number of benzene rings is 2.